The Morgan fingerprint density at radius 1 is 1.29 bits per heavy atom. The van der Waals surface area contributed by atoms with Crippen LogP contribution in [0.15, 0.2) is 18.3 Å². The van der Waals surface area contributed by atoms with Crippen LogP contribution in [0.3, 0.4) is 0 Å². The first-order chi connectivity index (χ1) is 11.1. The topological polar surface area (TPSA) is 83.2 Å². The minimum atomic E-state index is -2.01. The Kier molecular flexibility index (Phi) is 5.85. The van der Waals surface area contributed by atoms with Crippen molar-refractivity contribution in [1.29, 1.82) is 0 Å². The lowest BCUT2D eigenvalue weighted by Crippen LogP contribution is -2.43. The molecule has 132 valence electrons. The predicted octanol–water partition coefficient (Wildman–Crippen LogP) is 4.31. The number of nitrogen functional groups attached to an aromatic ring is 1. The van der Waals surface area contributed by atoms with E-state index in [9.17, 15) is 0 Å². The first kappa shape index (κ1) is 19.1. The van der Waals surface area contributed by atoms with E-state index in [2.05, 4.69) is 49.0 Å². The Balaban J connectivity index is 2.19. The van der Waals surface area contributed by atoms with Gasteiger partial charge in [0.05, 0.1) is 10.7 Å². The van der Waals surface area contributed by atoms with Gasteiger partial charge in [0.25, 0.3) is 5.19 Å². The highest BCUT2D eigenvalue weighted by Crippen LogP contribution is 2.39. The van der Waals surface area contributed by atoms with Crippen LogP contribution in [0.25, 0.3) is 0 Å². The van der Waals surface area contributed by atoms with Crippen LogP contribution in [-0.2, 0) is 4.43 Å². The zero-order chi connectivity index (χ0) is 18.0. The molecule has 0 fully saturated rings. The highest BCUT2D eigenvalue weighted by atomic mass is 35.5. The average molecular weight is 387 g/mol. The Bertz CT molecular complexity index is 673. The molecule has 0 bridgehead atoms. The summed E-state index contributed by atoms with van der Waals surface area (Å²) < 4.78 is 12.2. The fourth-order valence-electron chi connectivity index (χ4n) is 1.72. The summed E-state index contributed by atoms with van der Waals surface area (Å²) in [6, 6.07) is 3.66. The number of nitrogens with two attached hydrogens (primary N) is 1. The molecule has 6 nitrogen and oxygen atoms in total. The predicted molar refractivity (Wildman–Crippen MR) is 100 cm³/mol. The zero-order valence-corrected chi connectivity index (χ0v) is 17.1. The Morgan fingerprint density at radius 3 is 2.50 bits per heavy atom. The molecule has 0 aliphatic rings. The Labute approximate surface area is 152 Å². The van der Waals surface area contributed by atoms with Gasteiger partial charge in [-0.2, -0.15) is 0 Å². The molecule has 0 unspecified atom stereocenters. The molecule has 0 radical (unpaired) electrons. The van der Waals surface area contributed by atoms with Crippen LogP contribution in [0.1, 0.15) is 32.6 Å². The largest absolute Gasteiger partial charge is 0.466 e. The first-order valence-corrected chi connectivity index (χ1v) is 11.7. The summed E-state index contributed by atoms with van der Waals surface area (Å²) in [5.41, 5.74) is 6.36. The molecule has 0 spiro atoms. The third-order valence-corrected chi connectivity index (χ3v) is 9.48. The average Bonchev–Trinajstić information content (AvgIpc) is 2.89. The second-order valence-corrected chi connectivity index (χ2v) is 13.1. The van der Waals surface area contributed by atoms with Crippen molar-refractivity contribution in [2.24, 2.45) is 0 Å². The minimum absolute atomic E-state index is 0.0742. The maximum absolute atomic E-state index is 6.49. The number of rotatable bonds is 6. The van der Waals surface area contributed by atoms with E-state index < -0.39 is 8.32 Å². The van der Waals surface area contributed by atoms with Gasteiger partial charge < -0.3 is 14.9 Å². The molecule has 2 rings (SSSR count). The minimum Gasteiger partial charge on any atom is -0.466 e. The summed E-state index contributed by atoms with van der Waals surface area (Å²) >= 11 is 7.14. The van der Waals surface area contributed by atoms with Gasteiger partial charge in [0.15, 0.2) is 8.32 Å². The number of halogens is 1. The van der Waals surface area contributed by atoms with Crippen molar-refractivity contribution < 1.29 is 9.16 Å². The third-order valence-electron chi connectivity index (χ3n) is 4.10. The number of aromatic nitrogens is 3. The van der Waals surface area contributed by atoms with Gasteiger partial charge in [0.1, 0.15) is 12.7 Å². The highest BCUT2D eigenvalue weighted by Gasteiger charge is 2.40. The number of ether oxygens (including phenoxy) is 1. The van der Waals surface area contributed by atoms with E-state index in [1.165, 1.54) is 11.3 Å². The summed E-state index contributed by atoms with van der Waals surface area (Å²) in [6.45, 7) is 11.3. The third kappa shape index (κ3) is 4.89. The highest BCUT2D eigenvalue weighted by molar-refractivity contribution is 7.16. The molecular formula is C15H23ClN4O2SSi. The number of hydrogen-bond donors (Lipinski definition) is 1. The Hall–Kier alpha value is -1.22. The van der Waals surface area contributed by atoms with Crippen LogP contribution in [0.2, 0.25) is 23.2 Å². The van der Waals surface area contributed by atoms with Gasteiger partial charge in [-0.05, 0) is 41.6 Å². The van der Waals surface area contributed by atoms with E-state index in [0.717, 1.165) is 5.69 Å². The van der Waals surface area contributed by atoms with Crippen LogP contribution in [0.4, 0.5) is 5.13 Å². The van der Waals surface area contributed by atoms with E-state index in [1.54, 1.807) is 12.3 Å². The molecule has 0 aliphatic carbocycles. The van der Waals surface area contributed by atoms with Crippen molar-refractivity contribution in [2.45, 2.75) is 45.0 Å². The molecule has 2 aromatic heterocycles. The summed E-state index contributed by atoms with van der Waals surface area (Å²) in [5.74, 6) is 0. The molecule has 2 N–H and O–H groups in total. The van der Waals surface area contributed by atoms with Crippen LogP contribution < -0.4 is 10.5 Å². The van der Waals surface area contributed by atoms with Gasteiger partial charge in [0, 0.05) is 6.20 Å². The van der Waals surface area contributed by atoms with Gasteiger partial charge >= 0.3 is 0 Å². The van der Waals surface area contributed by atoms with E-state index in [1.807, 2.05) is 6.07 Å². The maximum Gasteiger partial charge on any atom is 0.295 e. The standard InChI is InChI=1S/C15H23ClN4O2SSi/c1-15(2,3)24(4,5)22-12(11-7-6-10(16)8-18-11)9-21-14-20-19-13(17)23-14/h6-8,12H,9H2,1-5H3,(H2,17,19)/t12-/m1/s1. The summed E-state index contributed by atoms with van der Waals surface area (Å²) in [6.07, 6.45) is 1.30. The molecule has 0 saturated heterocycles. The lowest BCUT2D eigenvalue weighted by atomic mass is 10.2. The monoisotopic (exact) mass is 386 g/mol. The second-order valence-electron chi connectivity index (χ2n) is 6.99. The fourth-order valence-corrected chi connectivity index (χ4v) is 3.55. The van der Waals surface area contributed by atoms with Crippen molar-refractivity contribution in [2.75, 3.05) is 12.3 Å². The molecule has 0 aliphatic heterocycles. The molecule has 24 heavy (non-hydrogen) atoms. The van der Waals surface area contributed by atoms with Crippen molar-refractivity contribution >= 4 is 36.4 Å². The molecular weight excluding hydrogens is 364 g/mol. The van der Waals surface area contributed by atoms with Crippen molar-refractivity contribution in [1.82, 2.24) is 15.2 Å². The van der Waals surface area contributed by atoms with Crippen LogP contribution in [0, 0.1) is 0 Å². The summed E-state index contributed by atoms with van der Waals surface area (Å²) in [7, 11) is -2.01. The molecule has 0 saturated carbocycles. The molecule has 0 aromatic carbocycles. The summed E-state index contributed by atoms with van der Waals surface area (Å²) in [5, 5.41) is 9.08. The quantitative estimate of drug-likeness (QED) is 0.744. The van der Waals surface area contributed by atoms with Gasteiger partial charge in [-0.25, -0.2) is 0 Å². The van der Waals surface area contributed by atoms with E-state index in [0.29, 0.717) is 15.3 Å². The summed E-state index contributed by atoms with van der Waals surface area (Å²) in [4.78, 5) is 4.39. The lowest BCUT2D eigenvalue weighted by Gasteiger charge is -2.38. The normalized spacial score (nSPS) is 13.8. The molecule has 2 aromatic rings. The van der Waals surface area contributed by atoms with Gasteiger partial charge in [-0.15, -0.1) is 5.10 Å². The Morgan fingerprint density at radius 2 is 2.00 bits per heavy atom. The van der Waals surface area contributed by atoms with E-state index in [-0.39, 0.29) is 17.7 Å². The first-order valence-electron chi connectivity index (χ1n) is 7.59. The second kappa shape index (κ2) is 7.34. The number of nitrogens with zero attached hydrogens (tertiary/aromatic N) is 3. The molecule has 2 heterocycles. The van der Waals surface area contributed by atoms with Crippen LogP contribution >= 0.6 is 22.9 Å². The van der Waals surface area contributed by atoms with Crippen molar-refractivity contribution in [3.05, 3.63) is 29.0 Å². The SMILES string of the molecule is CC(C)(C)[Si](C)(C)O[C@H](COc1nnc(N)s1)c1ccc(Cl)cn1. The van der Waals surface area contributed by atoms with Crippen LogP contribution in [-0.4, -0.2) is 30.1 Å². The van der Waals surface area contributed by atoms with Crippen molar-refractivity contribution in [3.63, 3.8) is 0 Å². The molecule has 0 amide bonds. The van der Waals surface area contributed by atoms with E-state index in [4.69, 9.17) is 26.5 Å². The lowest BCUT2D eigenvalue weighted by molar-refractivity contribution is 0.111. The van der Waals surface area contributed by atoms with Crippen molar-refractivity contribution in [3.8, 4) is 5.19 Å². The number of anilines is 1. The van der Waals surface area contributed by atoms with Gasteiger partial charge in [-0.3, -0.25) is 4.98 Å². The smallest absolute Gasteiger partial charge is 0.295 e. The van der Waals surface area contributed by atoms with E-state index >= 15 is 0 Å². The maximum atomic E-state index is 6.49. The van der Waals surface area contributed by atoms with Gasteiger partial charge in [0.2, 0.25) is 5.13 Å². The number of pyridine rings is 1. The van der Waals surface area contributed by atoms with Gasteiger partial charge in [-0.1, -0.05) is 37.5 Å². The number of hydrogen-bond acceptors (Lipinski definition) is 7. The van der Waals surface area contributed by atoms with Crippen LogP contribution in [0.5, 0.6) is 5.19 Å². The zero-order valence-electron chi connectivity index (χ0n) is 14.5. The molecule has 9 heteroatoms. The fraction of sp³-hybridized carbons (Fsp3) is 0.533. The molecule has 1 atom stereocenters.